The molecule has 1 aliphatic heterocycles. The highest BCUT2D eigenvalue weighted by Gasteiger charge is 2.41. The third-order valence-electron chi connectivity index (χ3n) is 5.28. The molecule has 0 saturated carbocycles. The van der Waals surface area contributed by atoms with E-state index in [4.69, 9.17) is 0 Å². The molecule has 0 unspecified atom stereocenters. The monoisotopic (exact) mass is 469 g/mol. The van der Waals surface area contributed by atoms with Crippen LogP contribution in [0.25, 0.3) is 11.1 Å². The number of amides is 2. The number of ether oxygens (including phenoxy) is 1. The molecule has 4 rings (SSSR count). The topological polar surface area (TPSA) is 63.7 Å². The van der Waals surface area contributed by atoms with Gasteiger partial charge in [0.1, 0.15) is 23.3 Å². The van der Waals surface area contributed by atoms with E-state index in [-0.39, 0.29) is 12.1 Å². The average molecular weight is 469 g/mol. The Morgan fingerprint density at radius 2 is 1.24 bits per heavy atom. The molecule has 0 saturated heterocycles. The second-order valence-corrected chi connectivity index (χ2v) is 7.38. The standard InChI is InChI=1S/C25H15F4NO4/c1-34-25(33)14-4-2-13(3-5-14)12-30-23(31)21(17-8-6-15(26)10-19(17)28)22(24(30)32)18-9-7-16(27)11-20(18)29/h2-11H,12H2,1H3. The first-order valence-corrected chi connectivity index (χ1v) is 9.90. The maximum absolute atomic E-state index is 14.6. The maximum Gasteiger partial charge on any atom is 0.337 e. The summed E-state index contributed by atoms with van der Waals surface area (Å²) in [7, 11) is 1.22. The highest BCUT2D eigenvalue weighted by molar-refractivity contribution is 6.49. The van der Waals surface area contributed by atoms with Crippen LogP contribution in [-0.2, 0) is 20.9 Å². The Labute approximate surface area is 190 Å². The second kappa shape index (κ2) is 8.93. The largest absolute Gasteiger partial charge is 0.465 e. The molecular weight excluding hydrogens is 454 g/mol. The van der Waals surface area contributed by atoms with Crippen molar-refractivity contribution in [2.45, 2.75) is 6.54 Å². The summed E-state index contributed by atoms with van der Waals surface area (Å²) in [5, 5.41) is 0. The van der Waals surface area contributed by atoms with Gasteiger partial charge in [-0.3, -0.25) is 14.5 Å². The van der Waals surface area contributed by atoms with Crippen LogP contribution in [0.5, 0.6) is 0 Å². The lowest BCUT2D eigenvalue weighted by Gasteiger charge is -2.16. The number of hydrogen-bond donors (Lipinski definition) is 0. The Morgan fingerprint density at radius 1 is 0.765 bits per heavy atom. The van der Waals surface area contributed by atoms with E-state index in [1.165, 1.54) is 31.4 Å². The molecule has 2 amide bonds. The van der Waals surface area contributed by atoms with Gasteiger partial charge in [0.25, 0.3) is 11.8 Å². The van der Waals surface area contributed by atoms with Crippen LogP contribution < -0.4 is 0 Å². The fourth-order valence-electron chi connectivity index (χ4n) is 3.65. The van der Waals surface area contributed by atoms with Crippen molar-refractivity contribution in [3.05, 3.63) is 106 Å². The molecule has 1 heterocycles. The van der Waals surface area contributed by atoms with Gasteiger partial charge < -0.3 is 4.74 Å². The lowest BCUT2D eigenvalue weighted by molar-refractivity contribution is -0.136. The Morgan fingerprint density at radius 3 is 1.65 bits per heavy atom. The zero-order chi connectivity index (χ0) is 24.6. The van der Waals surface area contributed by atoms with Crippen LogP contribution in [0.15, 0.2) is 60.7 Å². The minimum absolute atomic E-state index is 0.242. The summed E-state index contributed by atoms with van der Waals surface area (Å²) in [5.74, 6) is -6.52. The molecule has 3 aromatic carbocycles. The first-order chi connectivity index (χ1) is 16.2. The Hall–Kier alpha value is -4.27. The van der Waals surface area contributed by atoms with Crippen molar-refractivity contribution >= 4 is 28.9 Å². The van der Waals surface area contributed by atoms with E-state index in [1.807, 2.05) is 0 Å². The van der Waals surface area contributed by atoms with Crippen LogP contribution in [0.4, 0.5) is 17.6 Å². The fraction of sp³-hybridized carbons (Fsp3) is 0.0800. The molecule has 0 aromatic heterocycles. The number of halogens is 4. The number of hydrogen-bond acceptors (Lipinski definition) is 4. The van der Waals surface area contributed by atoms with Gasteiger partial charge in [-0.25, -0.2) is 22.4 Å². The van der Waals surface area contributed by atoms with Crippen LogP contribution >= 0.6 is 0 Å². The SMILES string of the molecule is COC(=O)c1ccc(CN2C(=O)C(c3ccc(F)cc3F)=C(c3ccc(F)cc3F)C2=O)cc1. The molecule has 34 heavy (non-hydrogen) atoms. The van der Waals surface area contributed by atoms with Gasteiger partial charge in [0.15, 0.2) is 0 Å². The number of benzene rings is 3. The van der Waals surface area contributed by atoms with Gasteiger partial charge >= 0.3 is 5.97 Å². The Kier molecular flexibility index (Phi) is 6.02. The van der Waals surface area contributed by atoms with Crippen LogP contribution in [0.1, 0.15) is 27.0 Å². The van der Waals surface area contributed by atoms with Gasteiger partial charge in [-0.2, -0.15) is 0 Å². The summed E-state index contributed by atoms with van der Waals surface area (Å²) in [5.41, 5.74) is -1.07. The molecule has 9 heteroatoms. The minimum atomic E-state index is -1.12. The zero-order valence-electron chi connectivity index (χ0n) is 17.6. The molecule has 0 spiro atoms. The molecule has 0 atom stereocenters. The first-order valence-electron chi connectivity index (χ1n) is 9.90. The first kappa shape index (κ1) is 22.9. The minimum Gasteiger partial charge on any atom is -0.465 e. The zero-order valence-corrected chi connectivity index (χ0v) is 17.6. The van der Waals surface area contributed by atoms with Crippen molar-refractivity contribution < 1.29 is 36.7 Å². The lowest BCUT2D eigenvalue weighted by atomic mass is 9.95. The third kappa shape index (κ3) is 4.07. The van der Waals surface area contributed by atoms with Gasteiger partial charge in [0.2, 0.25) is 0 Å². The van der Waals surface area contributed by atoms with Crippen LogP contribution in [0.2, 0.25) is 0 Å². The van der Waals surface area contributed by atoms with Gasteiger partial charge in [-0.15, -0.1) is 0 Å². The third-order valence-corrected chi connectivity index (χ3v) is 5.28. The summed E-state index contributed by atoms with van der Waals surface area (Å²) in [4.78, 5) is 38.9. The molecule has 0 radical (unpaired) electrons. The summed E-state index contributed by atoms with van der Waals surface area (Å²) in [6.45, 7) is -0.280. The summed E-state index contributed by atoms with van der Waals surface area (Å²) in [6.07, 6.45) is 0. The summed E-state index contributed by atoms with van der Waals surface area (Å²) >= 11 is 0. The Bertz CT molecular complexity index is 1290. The van der Waals surface area contributed by atoms with E-state index < -0.39 is 63.3 Å². The predicted octanol–water partition coefficient (Wildman–Crippen LogP) is 4.51. The lowest BCUT2D eigenvalue weighted by Crippen LogP contribution is -2.31. The number of imide groups is 1. The number of esters is 1. The van der Waals surface area contributed by atoms with Crippen molar-refractivity contribution in [3.8, 4) is 0 Å². The highest BCUT2D eigenvalue weighted by atomic mass is 19.1. The Balaban J connectivity index is 1.80. The normalized spacial score (nSPS) is 13.6. The van der Waals surface area contributed by atoms with Crippen LogP contribution in [0.3, 0.4) is 0 Å². The van der Waals surface area contributed by atoms with E-state index in [0.717, 1.165) is 29.2 Å². The van der Waals surface area contributed by atoms with E-state index in [2.05, 4.69) is 4.74 Å². The number of methoxy groups -OCH3 is 1. The molecule has 0 bridgehead atoms. The van der Waals surface area contributed by atoms with Gasteiger partial charge in [0.05, 0.1) is 30.4 Å². The van der Waals surface area contributed by atoms with Crippen molar-refractivity contribution in [2.75, 3.05) is 7.11 Å². The molecule has 0 N–H and O–H groups in total. The van der Waals surface area contributed by atoms with Gasteiger partial charge in [0, 0.05) is 23.3 Å². The van der Waals surface area contributed by atoms with Crippen molar-refractivity contribution in [1.82, 2.24) is 4.90 Å². The predicted molar refractivity (Wildman–Crippen MR) is 113 cm³/mol. The number of carbonyl (C=O) groups is 3. The van der Waals surface area contributed by atoms with E-state index in [9.17, 15) is 31.9 Å². The van der Waals surface area contributed by atoms with Crippen LogP contribution in [0, 0.1) is 23.3 Å². The smallest absolute Gasteiger partial charge is 0.337 e. The van der Waals surface area contributed by atoms with Crippen molar-refractivity contribution in [2.24, 2.45) is 0 Å². The molecule has 1 aliphatic rings. The van der Waals surface area contributed by atoms with Crippen LogP contribution in [-0.4, -0.2) is 29.8 Å². The summed E-state index contributed by atoms with van der Waals surface area (Å²) < 4.78 is 60.8. The number of carbonyl (C=O) groups excluding carboxylic acids is 3. The van der Waals surface area contributed by atoms with Gasteiger partial charge in [-0.1, -0.05) is 12.1 Å². The van der Waals surface area contributed by atoms with E-state index in [0.29, 0.717) is 17.7 Å². The molecule has 5 nitrogen and oxygen atoms in total. The number of nitrogens with zero attached hydrogens (tertiary/aromatic N) is 1. The average Bonchev–Trinajstić information content (AvgIpc) is 3.04. The van der Waals surface area contributed by atoms with Crippen molar-refractivity contribution in [1.29, 1.82) is 0 Å². The number of rotatable bonds is 5. The fourth-order valence-corrected chi connectivity index (χ4v) is 3.65. The van der Waals surface area contributed by atoms with Gasteiger partial charge in [-0.05, 0) is 42.0 Å². The molecule has 3 aromatic rings. The molecule has 0 aliphatic carbocycles. The highest BCUT2D eigenvalue weighted by Crippen LogP contribution is 2.38. The maximum atomic E-state index is 14.6. The molecular formula is C25H15F4NO4. The quantitative estimate of drug-likeness (QED) is 0.314. The molecule has 172 valence electrons. The van der Waals surface area contributed by atoms with E-state index in [1.54, 1.807) is 0 Å². The summed E-state index contributed by atoms with van der Waals surface area (Å²) in [6, 6.07) is 10.7. The second-order valence-electron chi connectivity index (χ2n) is 7.38. The van der Waals surface area contributed by atoms with E-state index >= 15 is 0 Å². The van der Waals surface area contributed by atoms with Crippen molar-refractivity contribution in [3.63, 3.8) is 0 Å². The molecule has 0 fully saturated rings.